The molecule has 0 spiro atoms. The van der Waals surface area contributed by atoms with Crippen molar-refractivity contribution in [3.63, 3.8) is 0 Å². The maximum atomic E-state index is 12.9. The van der Waals surface area contributed by atoms with Crippen molar-refractivity contribution in [2.45, 2.75) is 19.4 Å². The SMILES string of the molecule is Cc1cc2c(cc1C(=O)NC1CCN(c3nccc(-c4cnn(C)c4)n3)C1)OCCO2. The number of ether oxygens (including phenoxy) is 2. The summed E-state index contributed by atoms with van der Waals surface area (Å²) in [6.07, 6.45) is 6.30. The van der Waals surface area contributed by atoms with Crippen LogP contribution in [0, 0.1) is 6.92 Å². The second-order valence-corrected chi connectivity index (χ2v) is 7.86. The first-order chi connectivity index (χ1) is 15.1. The molecule has 9 nitrogen and oxygen atoms in total. The third-order valence-corrected chi connectivity index (χ3v) is 5.58. The van der Waals surface area contributed by atoms with E-state index in [1.165, 1.54) is 0 Å². The highest BCUT2D eigenvalue weighted by Gasteiger charge is 2.27. The molecule has 0 radical (unpaired) electrons. The Balaban J connectivity index is 1.27. The number of fused-ring (bicyclic) bond motifs is 1. The lowest BCUT2D eigenvalue weighted by atomic mass is 10.1. The van der Waals surface area contributed by atoms with Crippen molar-refractivity contribution in [3.05, 3.63) is 47.9 Å². The highest BCUT2D eigenvalue weighted by Crippen LogP contribution is 2.33. The number of amides is 1. The maximum absolute atomic E-state index is 12.9. The molecule has 1 atom stereocenters. The van der Waals surface area contributed by atoms with Crippen molar-refractivity contribution in [1.29, 1.82) is 0 Å². The Bertz CT molecular complexity index is 1130. The van der Waals surface area contributed by atoms with Gasteiger partial charge in [0.15, 0.2) is 11.5 Å². The van der Waals surface area contributed by atoms with Crippen molar-refractivity contribution >= 4 is 11.9 Å². The minimum absolute atomic E-state index is 0.0192. The van der Waals surface area contributed by atoms with E-state index in [9.17, 15) is 4.79 Å². The van der Waals surface area contributed by atoms with E-state index < -0.39 is 0 Å². The number of hydrogen-bond acceptors (Lipinski definition) is 7. The number of aromatic nitrogens is 4. The molecule has 1 N–H and O–H groups in total. The van der Waals surface area contributed by atoms with Crippen molar-refractivity contribution in [1.82, 2.24) is 25.1 Å². The van der Waals surface area contributed by atoms with E-state index in [0.717, 1.165) is 29.8 Å². The molecular weight excluding hydrogens is 396 g/mol. The smallest absolute Gasteiger partial charge is 0.251 e. The van der Waals surface area contributed by atoms with Gasteiger partial charge in [-0.05, 0) is 37.1 Å². The third-order valence-electron chi connectivity index (χ3n) is 5.58. The summed E-state index contributed by atoms with van der Waals surface area (Å²) >= 11 is 0. The molecule has 2 aliphatic rings. The van der Waals surface area contributed by atoms with Crippen LogP contribution in [-0.2, 0) is 7.05 Å². The molecule has 1 saturated heterocycles. The standard InChI is InChI=1S/C22H24N6O3/c1-14-9-19-20(31-8-7-30-19)10-17(14)21(29)25-16-4-6-28(13-16)22-23-5-3-18(26-22)15-11-24-27(2)12-15/h3,5,9-12,16H,4,6-8,13H2,1-2H3,(H,25,29). The Morgan fingerprint density at radius 2 is 2.03 bits per heavy atom. The molecule has 2 aliphatic heterocycles. The summed E-state index contributed by atoms with van der Waals surface area (Å²) in [5.74, 6) is 1.87. The van der Waals surface area contributed by atoms with Crippen molar-refractivity contribution in [3.8, 4) is 22.8 Å². The molecule has 160 valence electrons. The number of carbonyl (C=O) groups is 1. The number of rotatable bonds is 4. The molecule has 31 heavy (non-hydrogen) atoms. The van der Waals surface area contributed by atoms with E-state index in [0.29, 0.717) is 42.8 Å². The number of hydrogen-bond donors (Lipinski definition) is 1. The zero-order valence-electron chi connectivity index (χ0n) is 17.5. The second-order valence-electron chi connectivity index (χ2n) is 7.86. The molecule has 2 aromatic heterocycles. The minimum Gasteiger partial charge on any atom is -0.486 e. The van der Waals surface area contributed by atoms with E-state index in [1.54, 1.807) is 23.1 Å². The summed E-state index contributed by atoms with van der Waals surface area (Å²) in [6.45, 7) is 4.37. The monoisotopic (exact) mass is 420 g/mol. The summed E-state index contributed by atoms with van der Waals surface area (Å²) in [6, 6.07) is 5.53. The van der Waals surface area contributed by atoms with Crippen LogP contribution in [0.25, 0.3) is 11.3 Å². The first-order valence-corrected chi connectivity index (χ1v) is 10.3. The molecule has 3 aromatic rings. The molecule has 1 fully saturated rings. The summed E-state index contributed by atoms with van der Waals surface area (Å²) in [7, 11) is 1.88. The van der Waals surface area contributed by atoms with Crippen LogP contribution in [0.4, 0.5) is 5.95 Å². The molecule has 0 saturated carbocycles. The number of benzene rings is 1. The van der Waals surface area contributed by atoms with Gasteiger partial charge in [-0.15, -0.1) is 0 Å². The Hall–Kier alpha value is -3.62. The average Bonchev–Trinajstić information content (AvgIpc) is 3.42. The van der Waals surface area contributed by atoms with Crippen LogP contribution >= 0.6 is 0 Å². The van der Waals surface area contributed by atoms with Gasteiger partial charge in [-0.25, -0.2) is 9.97 Å². The summed E-state index contributed by atoms with van der Waals surface area (Å²) in [4.78, 5) is 24.1. The van der Waals surface area contributed by atoms with E-state index in [-0.39, 0.29) is 11.9 Å². The van der Waals surface area contributed by atoms with Crippen LogP contribution < -0.4 is 19.7 Å². The van der Waals surface area contributed by atoms with Gasteiger partial charge in [-0.2, -0.15) is 5.10 Å². The lowest BCUT2D eigenvalue weighted by Gasteiger charge is -2.21. The average molecular weight is 420 g/mol. The Kier molecular flexibility index (Phi) is 4.93. The van der Waals surface area contributed by atoms with Crippen molar-refractivity contribution < 1.29 is 14.3 Å². The summed E-state index contributed by atoms with van der Waals surface area (Å²) in [5.41, 5.74) is 3.25. The molecule has 5 rings (SSSR count). The lowest BCUT2D eigenvalue weighted by Crippen LogP contribution is -2.37. The van der Waals surface area contributed by atoms with Gasteiger partial charge in [-0.1, -0.05) is 0 Å². The second kappa shape index (κ2) is 7.90. The third kappa shape index (κ3) is 3.90. The molecular formula is C22H24N6O3. The van der Waals surface area contributed by atoms with Crippen LogP contribution in [0.5, 0.6) is 11.5 Å². The fraction of sp³-hybridized carbons (Fsp3) is 0.364. The lowest BCUT2D eigenvalue weighted by molar-refractivity contribution is 0.0938. The predicted molar refractivity (Wildman–Crippen MR) is 114 cm³/mol. The number of nitrogens with zero attached hydrogens (tertiary/aromatic N) is 5. The number of nitrogens with one attached hydrogen (secondary N) is 1. The Labute approximate surface area is 180 Å². The van der Waals surface area contributed by atoms with Crippen LogP contribution in [0.3, 0.4) is 0 Å². The van der Waals surface area contributed by atoms with E-state index in [1.807, 2.05) is 32.3 Å². The highest BCUT2D eigenvalue weighted by molar-refractivity contribution is 5.96. The highest BCUT2D eigenvalue weighted by atomic mass is 16.6. The zero-order valence-corrected chi connectivity index (χ0v) is 17.5. The van der Waals surface area contributed by atoms with Crippen molar-refractivity contribution in [2.75, 3.05) is 31.2 Å². The van der Waals surface area contributed by atoms with Crippen molar-refractivity contribution in [2.24, 2.45) is 7.05 Å². The molecule has 9 heteroatoms. The van der Waals surface area contributed by atoms with Crippen LogP contribution in [-0.4, -0.2) is 58.0 Å². The summed E-state index contributed by atoms with van der Waals surface area (Å²) < 4.78 is 13.0. The van der Waals surface area contributed by atoms with Gasteiger partial charge in [-0.3, -0.25) is 9.48 Å². The van der Waals surface area contributed by atoms with Gasteiger partial charge in [0, 0.05) is 49.7 Å². The number of aryl methyl sites for hydroxylation is 2. The molecule has 4 heterocycles. The van der Waals surface area contributed by atoms with Crippen LogP contribution in [0.1, 0.15) is 22.3 Å². The van der Waals surface area contributed by atoms with E-state index in [4.69, 9.17) is 14.5 Å². The normalized spacial score (nSPS) is 17.6. The number of carbonyl (C=O) groups excluding carboxylic acids is 1. The molecule has 0 bridgehead atoms. The number of anilines is 1. The first-order valence-electron chi connectivity index (χ1n) is 10.3. The quantitative estimate of drug-likeness (QED) is 0.690. The van der Waals surface area contributed by atoms with Gasteiger partial charge in [0.1, 0.15) is 13.2 Å². The van der Waals surface area contributed by atoms with E-state index in [2.05, 4.69) is 20.3 Å². The molecule has 1 aromatic carbocycles. The van der Waals surface area contributed by atoms with Crippen LogP contribution in [0.2, 0.25) is 0 Å². The minimum atomic E-state index is -0.105. The van der Waals surface area contributed by atoms with Gasteiger partial charge < -0.3 is 19.7 Å². The topological polar surface area (TPSA) is 94.4 Å². The van der Waals surface area contributed by atoms with Gasteiger partial charge in [0.05, 0.1) is 11.9 Å². The fourth-order valence-electron chi connectivity index (χ4n) is 3.97. The Morgan fingerprint density at radius 1 is 1.23 bits per heavy atom. The zero-order chi connectivity index (χ0) is 21.4. The molecule has 1 amide bonds. The van der Waals surface area contributed by atoms with E-state index >= 15 is 0 Å². The van der Waals surface area contributed by atoms with Gasteiger partial charge in [0.2, 0.25) is 5.95 Å². The van der Waals surface area contributed by atoms with Gasteiger partial charge in [0.25, 0.3) is 5.91 Å². The molecule has 0 aliphatic carbocycles. The largest absolute Gasteiger partial charge is 0.486 e. The first kappa shape index (κ1) is 19.3. The molecule has 1 unspecified atom stereocenters. The predicted octanol–water partition coefficient (Wildman–Crippen LogP) is 1.97. The Morgan fingerprint density at radius 3 is 2.81 bits per heavy atom. The fourth-order valence-corrected chi connectivity index (χ4v) is 3.97. The van der Waals surface area contributed by atoms with Crippen LogP contribution in [0.15, 0.2) is 36.8 Å². The maximum Gasteiger partial charge on any atom is 0.251 e. The summed E-state index contributed by atoms with van der Waals surface area (Å²) in [5, 5.41) is 7.35. The van der Waals surface area contributed by atoms with Gasteiger partial charge >= 0.3 is 0 Å².